The van der Waals surface area contributed by atoms with E-state index in [1.54, 1.807) is 30.5 Å². The van der Waals surface area contributed by atoms with Crippen molar-refractivity contribution in [1.82, 2.24) is 4.98 Å². The number of carbonyl (C=O) groups is 1. The lowest BCUT2D eigenvalue weighted by atomic mass is 10.1. The van der Waals surface area contributed by atoms with Crippen LogP contribution in [-0.4, -0.2) is 24.1 Å². The van der Waals surface area contributed by atoms with Gasteiger partial charge >= 0.3 is 0 Å². The largest absolute Gasteiger partial charge is 0.486 e. The fraction of sp³-hybridized carbons (Fsp3) is 0.200. The summed E-state index contributed by atoms with van der Waals surface area (Å²) < 4.78 is 11.0. The number of nitrogens with one attached hydrogen (secondary N) is 1. The smallest absolute Gasteiger partial charge is 0.260 e. The molecule has 6 nitrogen and oxygen atoms in total. The van der Waals surface area contributed by atoms with Gasteiger partial charge in [-0.25, -0.2) is 4.98 Å². The van der Waals surface area contributed by atoms with E-state index in [1.807, 2.05) is 6.07 Å². The molecule has 0 fully saturated rings. The lowest BCUT2D eigenvalue weighted by Crippen LogP contribution is -2.20. The average molecular weight is 285 g/mol. The van der Waals surface area contributed by atoms with E-state index in [0.29, 0.717) is 42.6 Å². The second kappa shape index (κ2) is 5.80. The first-order valence-corrected chi connectivity index (χ1v) is 6.63. The van der Waals surface area contributed by atoms with Crippen molar-refractivity contribution in [3.05, 3.63) is 47.7 Å². The number of pyridine rings is 1. The molecule has 0 unspecified atom stereocenters. The Labute approximate surface area is 121 Å². The molecular formula is C15H15N3O3. The van der Waals surface area contributed by atoms with Crippen LogP contribution >= 0.6 is 0 Å². The van der Waals surface area contributed by atoms with Gasteiger partial charge in [-0.3, -0.25) is 4.79 Å². The van der Waals surface area contributed by atoms with Gasteiger partial charge in [0.05, 0.1) is 5.56 Å². The van der Waals surface area contributed by atoms with Gasteiger partial charge in [-0.05, 0) is 23.8 Å². The summed E-state index contributed by atoms with van der Waals surface area (Å²) in [5.74, 6) is 1.23. The highest BCUT2D eigenvalue weighted by Crippen LogP contribution is 2.33. The molecule has 21 heavy (non-hydrogen) atoms. The first kappa shape index (κ1) is 13.4. The standard InChI is InChI=1S/C15H15N3O3/c16-8-10-4-5-13(17-9-10)18-15(19)11-2-1-3-12-14(11)21-7-6-20-12/h1-5,9H,6-8,16H2,(H,17,18,19). The Bertz CT molecular complexity index is 656. The fourth-order valence-electron chi connectivity index (χ4n) is 2.06. The molecule has 1 aromatic heterocycles. The topological polar surface area (TPSA) is 86.5 Å². The minimum absolute atomic E-state index is 0.287. The van der Waals surface area contributed by atoms with Crippen molar-refractivity contribution in [2.45, 2.75) is 6.54 Å². The van der Waals surface area contributed by atoms with E-state index in [9.17, 15) is 4.79 Å². The van der Waals surface area contributed by atoms with Gasteiger partial charge in [0.25, 0.3) is 5.91 Å². The molecule has 1 amide bonds. The summed E-state index contributed by atoms with van der Waals surface area (Å²) in [4.78, 5) is 16.5. The van der Waals surface area contributed by atoms with E-state index in [4.69, 9.17) is 15.2 Å². The summed E-state index contributed by atoms with van der Waals surface area (Å²) in [5, 5.41) is 2.73. The molecule has 1 aliphatic rings. The van der Waals surface area contributed by atoms with Gasteiger partial charge in [0.2, 0.25) is 0 Å². The maximum Gasteiger partial charge on any atom is 0.260 e. The number of rotatable bonds is 3. The van der Waals surface area contributed by atoms with Crippen LogP contribution in [0.1, 0.15) is 15.9 Å². The molecule has 0 aliphatic carbocycles. The highest BCUT2D eigenvalue weighted by Gasteiger charge is 2.20. The SMILES string of the molecule is NCc1ccc(NC(=O)c2cccc3c2OCCO3)nc1. The summed E-state index contributed by atoms with van der Waals surface area (Å²) in [6, 6.07) is 8.76. The molecule has 0 bridgehead atoms. The van der Waals surface area contributed by atoms with E-state index < -0.39 is 0 Å². The van der Waals surface area contributed by atoms with E-state index in [0.717, 1.165) is 5.56 Å². The number of amides is 1. The number of ether oxygens (including phenoxy) is 2. The summed E-state index contributed by atoms with van der Waals surface area (Å²) in [5.41, 5.74) is 6.84. The summed E-state index contributed by atoms with van der Waals surface area (Å²) >= 11 is 0. The normalized spacial score (nSPS) is 12.8. The average Bonchev–Trinajstić information content (AvgIpc) is 2.55. The Morgan fingerprint density at radius 1 is 1.24 bits per heavy atom. The molecule has 1 aliphatic heterocycles. The number of aromatic nitrogens is 1. The van der Waals surface area contributed by atoms with Gasteiger partial charge in [-0.1, -0.05) is 12.1 Å². The second-order valence-corrected chi connectivity index (χ2v) is 4.54. The molecule has 3 rings (SSSR count). The Kier molecular flexibility index (Phi) is 3.70. The first-order valence-electron chi connectivity index (χ1n) is 6.63. The first-order chi connectivity index (χ1) is 10.3. The van der Waals surface area contributed by atoms with Crippen molar-refractivity contribution in [3.8, 4) is 11.5 Å². The predicted molar refractivity (Wildman–Crippen MR) is 77.5 cm³/mol. The van der Waals surface area contributed by atoms with Gasteiger partial charge in [0.1, 0.15) is 19.0 Å². The van der Waals surface area contributed by atoms with Crippen LogP contribution in [0.4, 0.5) is 5.82 Å². The summed E-state index contributed by atoms with van der Waals surface area (Å²) in [6.07, 6.45) is 1.63. The van der Waals surface area contributed by atoms with E-state index >= 15 is 0 Å². The number of nitrogens with zero attached hydrogens (tertiary/aromatic N) is 1. The number of nitrogens with two attached hydrogens (primary N) is 1. The van der Waals surface area contributed by atoms with Crippen molar-refractivity contribution in [2.75, 3.05) is 18.5 Å². The minimum Gasteiger partial charge on any atom is -0.486 e. The molecule has 0 atom stereocenters. The molecule has 0 spiro atoms. The van der Waals surface area contributed by atoms with E-state index in [2.05, 4.69) is 10.3 Å². The maximum atomic E-state index is 12.3. The predicted octanol–water partition coefficient (Wildman–Crippen LogP) is 1.56. The van der Waals surface area contributed by atoms with Gasteiger partial charge in [0.15, 0.2) is 11.5 Å². The van der Waals surface area contributed by atoms with Gasteiger partial charge in [-0.15, -0.1) is 0 Å². The molecule has 2 heterocycles. The number of para-hydroxylation sites is 1. The third-order valence-corrected chi connectivity index (χ3v) is 3.11. The van der Waals surface area contributed by atoms with Crippen LogP contribution in [0.5, 0.6) is 11.5 Å². The molecule has 0 saturated heterocycles. The van der Waals surface area contributed by atoms with Crippen molar-refractivity contribution in [2.24, 2.45) is 5.73 Å². The highest BCUT2D eigenvalue weighted by atomic mass is 16.6. The molecule has 6 heteroatoms. The monoisotopic (exact) mass is 285 g/mol. The molecule has 3 N–H and O–H groups in total. The van der Waals surface area contributed by atoms with Crippen LogP contribution in [0.25, 0.3) is 0 Å². The number of fused-ring (bicyclic) bond motifs is 1. The quantitative estimate of drug-likeness (QED) is 0.893. The van der Waals surface area contributed by atoms with Crippen molar-refractivity contribution in [1.29, 1.82) is 0 Å². The third-order valence-electron chi connectivity index (χ3n) is 3.11. The Morgan fingerprint density at radius 2 is 2.10 bits per heavy atom. The van der Waals surface area contributed by atoms with Crippen LogP contribution in [0, 0.1) is 0 Å². The Balaban J connectivity index is 1.82. The van der Waals surface area contributed by atoms with E-state index in [1.165, 1.54) is 0 Å². The number of benzene rings is 1. The lowest BCUT2D eigenvalue weighted by Gasteiger charge is -2.20. The Morgan fingerprint density at radius 3 is 2.86 bits per heavy atom. The number of anilines is 1. The molecule has 2 aromatic rings. The summed E-state index contributed by atoms with van der Waals surface area (Å²) in [7, 11) is 0. The van der Waals surface area contributed by atoms with Crippen molar-refractivity contribution < 1.29 is 14.3 Å². The number of carbonyl (C=O) groups excluding carboxylic acids is 1. The molecular weight excluding hydrogens is 270 g/mol. The zero-order valence-corrected chi connectivity index (χ0v) is 11.3. The Hall–Kier alpha value is -2.60. The molecule has 0 radical (unpaired) electrons. The second-order valence-electron chi connectivity index (χ2n) is 4.54. The van der Waals surface area contributed by atoms with Crippen molar-refractivity contribution in [3.63, 3.8) is 0 Å². The van der Waals surface area contributed by atoms with Crippen LogP contribution in [0.15, 0.2) is 36.5 Å². The van der Waals surface area contributed by atoms with Gasteiger partial charge in [-0.2, -0.15) is 0 Å². The minimum atomic E-state index is -0.287. The molecule has 108 valence electrons. The summed E-state index contributed by atoms with van der Waals surface area (Å²) in [6.45, 7) is 1.33. The van der Waals surface area contributed by atoms with Gasteiger partial charge < -0.3 is 20.5 Å². The van der Waals surface area contributed by atoms with Gasteiger partial charge in [0, 0.05) is 12.7 Å². The molecule has 0 saturated carbocycles. The zero-order chi connectivity index (χ0) is 14.7. The van der Waals surface area contributed by atoms with Crippen molar-refractivity contribution >= 4 is 11.7 Å². The maximum absolute atomic E-state index is 12.3. The lowest BCUT2D eigenvalue weighted by molar-refractivity contribution is 0.101. The van der Waals surface area contributed by atoms with E-state index in [-0.39, 0.29) is 5.91 Å². The highest BCUT2D eigenvalue weighted by molar-refractivity contribution is 6.06. The number of hydrogen-bond acceptors (Lipinski definition) is 5. The number of hydrogen-bond donors (Lipinski definition) is 2. The van der Waals surface area contributed by atoms with Crippen LogP contribution in [0.3, 0.4) is 0 Å². The zero-order valence-electron chi connectivity index (χ0n) is 11.3. The third kappa shape index (κ3) is 2.80. The van der Waals surface area contributed by atoms with Crippen LogP contribution < -0.4 is 20.5 Å². The van der Waals surface area contributed by atoms with Crippen LogP contribution in [-0.2, 0) is 6.54 Å². The fourth-order valence-corrected chi connectivity index (χ4v) is 2.06. The molecule has 1 aromatic carbocycles. The van der Waals surface area contributed by atoms with Crippen LogP contribution in [0.2, 0.25) is 0 Å².